The number of ether oxygens (including phenoxy) is 10. The Morgan fingerprint density at radius 1 is 0.782 bits per heavy atom. The van der Waals surface area contributed by atoms with E-state index in [1.54, 1.807) is 24.3 Å². The lowest BCUT2D eigenvalue weighted by molar-refractivity contribution is -0.353. The number of methoxy groups -OCH3 is 1. The highest BCUT2D eigenvalue weighted by atomic mass is 16.8. The van der Waals surface area contributed by atoms with Gasteiger partial charge >= 0.3 is 41.8 Å². The lowest BCUT2D eigenvalue weighted by atomic mass is 9.77. The van der Waals surface area contributed by atoms with Gasteiger partial charge in [-0.05, 0) is 31.0 Å². The van der Waals surface area contributed by atoms with Gasteiger partial charge in [0.25, 0.3) is 0 Å². The summed E-state index contributed by atoms with van der Waals surface area (Å²) in [5.41, 5.74) is -4.31. The van der Waals surface area contributed by atoms with E-state index in [-0.39, 0.29) is 12.8 Å². The van der Waals surface area contributed by atoms with Crippen molar-refractivity contribution in [1.82, 2.24) is 0 Å². The van der Waals surface area contributed by atoms with Crippen LogP contribution < -0.4 is 4.74 Å². The molecule has 2 aliphatic heterocycles. The molecule has 2 N–H and O–H groups in total. The van der Waals surface area contributed by atoms with Crippen LogP contribution in [0.15, 0.2) is 36.1 Å². The van der Waals surface area contributed by atoms with Gasteiger partial charge in [0.2, 0.25) is 12.6 Å². The molecule has 4 rings (SSSR count). The van der Waals surface area contributed by atoms with E-state index < -0.39 is 121 Å². The van der Waals surface area contributed by atoms with Crippen LogP contribution in [-0.2, 0) is 82.6 Å². The van der Waals surface area contributed by atoms with Crippen molar-refractivity contribution < 1.29 is 91.1 Å². The third kappa shape index (κ3) is 10.2. The van der Waals surface area contributed by atoms with E-state index in [9.17, 15) is 43.8 Å². The van der Waals surface area contributed by atoms with Crippen molar-refractivity contribution in [3.8, 4) is 5.75 Å². The van der Waals surface area contributed by atoms with Crippen LogP contribution >= 0.6 is 0 Å². The number of hydrogen-bond donors (Lipinski definition) is 2. The fourth-order valence-electron chi connectivity index (χ4n) is 6.78. The molecule has 3 aliphatic rings. The molecule has 0 spiro atoms. The van der Waals surface area contributed by atoms with Gasteiger partial charge in [-0.1, -0.05) is 12.1 Å². The van der Waals surface area contributed by atoms with Crippen LogP contribution in [0.1, 0.15) is 59.9 Å². The van der Waals surface area contributed by atoms with Gasteiger partial charge in [-0.15, -0.1) is 0 Å². The van der Waals surface area contributed by atoms with Gasteiger partial charge in [0.05, 0.1) is 19.3 Å². The van der Waals surface area contributed by atoms with E-state index in [4.69, 9.17) is 47.4 Å². The molecular formula is C36H44O19. The molecule has 0 aromatic heterocycles. The molecule has 0 radical (unpaired) electrons. The van der Waals surface area contributed by atoms with E-state index in [2.05, 4.69) is 0 Å². The van der Waals surface area contributed by atoms with E-state index in [1.807, 2.05) is 0 Å². The second-order valence-corrected chi connectivity index (χ2v) is 13.3. The van der Waals surface area contributed by atoms with Crippen LogP contribution in [0.5, 0.6) is 5.75 Å². The van der Waals surface area contributed by atoms with Crippen LogP contribution in [0.2, 0.25) is 0 Å². The molecule has 10 atom stereocenters. The summed E-state index contributed by atoms with van der Waals surface area (Å²) in [4.78, 5) is 85.8. The van der Waals surface area contributed by atoms with Crippen LogP contribution in [0.4, 0.5) is 0 Å². The molecule has 0 unspecified atom stereocenters. The molecule has 2 fully saturated rings. The minimum absolute atomic E-state index is 0.177. The van der Waals surface area contributed by atoms with E-state index in [0.717, 1.165) is 41.1 Å². The number of carbonyl (C=O) groups is 7. The van der Waals surface area contributed by atoms with Crippen LogP contribution in [0.25, 0.3) is 0 Å². The van der Waals surface area contributed by atoms with E-state index >= 15 is 0 Å². The predicted octanol–water partition coefficient (Wildman–Crippen LogP) is 0.471. The van der Waals surface area contributed by atoms with Gasteiger partial charge in [-0.2, -0.15) is 0 Å². The summed E-state index contributed by atoms with van der Waals surface area (Å²) in [7, 11) is 1.05. The average Bonchev–Trinajstić information content (AvgIpc) is 3.29. The zero-order valence-electron chi connectivity index (χ0n) is 31.2. The number of carbonyl (C=O) groups excluding carboxylic acids is 7. The molecule has 55 heavy (non-hydrogen) atoms. The highest BCUT2D eigenvalue weighted by Gasteiger charge is 2.69. The summed E-state index contributed by atoms with van der Waals surface area (Å²) >= 11 is 0. The quantitative estimate of drug-likeness (QED) is 0.157. The third-order valence-corrected chi connectivity index (χ3v) is 9.05. The second-order valence-electron chi connectivity index (χ2n) is 13.3. The first kappa shape index (κ1) is 42.6. The van der Waals surface area contributed by atoms with Crippen LogP contribution in [0.3, 0.4) is 0 Å². The van der Waals surface area contributed by atoms with Gasteiger partial charge in [-0.25, -0.2) is 4.79 Å². The number of rotatable bonds is 13. The molecule has 19 nitrogen and oxygen atoms in total. The Kier molecular flexibility index (Phi) is 13.6. The molecule has 0 amide bonds. The lowest BCUT2D eigenvalue weighted by Crippen LogP contribution is -2.65. The number of benzene rings is 1. The van der Waals surface area contributed by atoms with Crippen molar-refractivity contribution in [3.05, 3.63) is 41.7 Å². The number of esters is 7. The molecule has 302 valence electrons. The maximum absolute atomic E-state index is 13.1. The van der Waals surface area contributed by atoms with Crippen molar-refractivity contribution in [2.45, 2.75) is 115 Å². The highest BCUT2D eigenvalue weighted by Crippen LogP contribution is 2.53. The summed E-state index contributed by atoms with van der Waals surface area (Å²) in [6.07, 6.45) is -11.0. The van der Waals surface area contributed by atoms with E-state index in [1.165, 1.54) is 13.8 Å². The van der Waals surface area contributed by atoms with Crippen molar-refractivity contribution >= 4 is 41.8 Å². The maximum atomic E-state index is 13.1. The number of fused-ring (bicyclic) bond motifs is 1. The Morgan fingerprint density at radius 2 is 1.38 bits per heavy atom. The van der Waals surface area contributed by atoms with Gasteiger partial charge in [0, 0.05) is 47.5 Å². The average molecular weight is 781 g/mol. The normalized spacial score (nSPS) is 31.0. The molecule has 19 heteroatoms. The minimum Gasteiger partial charge on any atom is -0.471 e. The molecular weight excluding hydrogens is 736 g/mol. The monoisotopic (exact) mass is 780 g/mol. The highest BCUT2D eigenvalue weighted by molar-refractivity contribution is 5.91. The Bertz CT molecular complexity index is 1670. The molecule has 1 saturated heterocycles. The Labute approximate surface area is 315 Å². The summed E-state index contributed by atoms with van der Waals surface area (Å²) in [5, 5.41) is 24.2. The summed E-state index contributed by atoms with van der Waals surface area (Å²) in [6, 6.07) is 6.40. The van der Waals surface area contributed by atoms with E-state index in [0.29, 0.717) is 11.3 Å². The zero-order valence-corrected chi connectivity index (χ0v) is 31.2. The largest absolute Gasteiger partial charge is 0.471 e. The van der Waals surface area contributed by atoms with Gasteiger partial charge < -0.3 is 57.6 Å². The maximum Gasteiger partial charge on any atom is 0.339 e. The Balaban J connectivity index is 1.65. The molecule has 1 saturated carbocycles. The van der Waals surface area contributed by atoms with Crippen LogP contribution in [0, 0.1) is 5.92 Å². The van der Waals surface area contributed by atoms with Gasteiger partial charge in [0.15, 0.2) is 18.3 Å². The first-order valence-corrected chi connectivity index (χ1v) is 17.1. The SMILES string of the molecule is COC(=O)C1=CO[C@@H](O[C@@H]2O[C@H](COC(C)=O)[C@@H](OC(C)=O)[C@H](OC(C)=O)[C@H]2OC(C)=O)[C@@H]2[C@@](C)(O)[C@@H](OC(=O)CCc3ccc(OC(C)=O)cc3)C[C@]12O. The zero-order chi connectivity index (χ0) is 40.8. The fraction of sp³-hybridized carbons (Fsp3) is 0.583. The number of hydrogen-bond acceptors (Lipinski definition) is 19. The Morgan fingerprint density at radius 3 is 1.95 bits per heavy atom. The topological polar surface area (TPSA) is 252 Å². The smallest absolute Gasteiger partial charge is 0.339 e. The van der Waals surface area contributed by atoms with Gasteiger partial charge in [-0.3, -0.25) is 28.8 Å². The molecule has 1 aromatic carbocycles. The van der Waals surface area contributed by atoms with Crippen molar-refractivity contribution in [2.24, 2.45) is 5.92 Å². The summed E-state index contributed by atoms with van der Waals surface area (Å²) < 4.78 is 54.8. The van der Waals surface area contributed by atoms with Crippen molar-refractivity contribution in [1.29, 1.82) is 0 Å². The summed E-state index contributed by atoms with van der Waals surface area (Å²) in [6.45, 7) is 6.10. The van der Waals surface area contributed by atoms with Crippen molar-refractivity contribution in [3.63, 3.8) is 0 Å². The number of aliphatic hydroxyl groups is 2. The van der Waals surface area contributed by atoms with Gasteiger partial charge in [0.1, 0.15) is 41.3 Å². The van der Waals surface area contributed by atoms with Crippen molar-refractivity contribution in [2.75, 3.05) is 13.7 Å². The minimum atomic E-state index is -2.34. The standard InChI is InChI=1S/C36H44O19/c1-17(37)47-16-25-28(50-19(3)39)29(51-20(4)40)30(52-21(5)41)33(53-25)55-34-31-35(6,44)26(14-36(31,45)24(15-48-34)32(43)46-7)54-27(42)13-10-22-8-11-23(12-9-22)49-18(2)38/h8-9,11-12,15,25-26,28-31,33-34,44-45H,10,13-14,16H2,1-7H3/t25-,26+,28-,29+,30-,31-,33+,34+,35+,36+/m1/s1. The third-order valence-electron chi connectivity index (χ3n) is 9.05. The Hall–Kier alpha value is -5.11. The lowest BCUT2D eigenvalue weighted by Gasteiger charge is -2.47. The molecule has 1 aliphatic carbocycles. The molecule has 0 bridgehead atoms. The molecule has 1 aromatic rings. The summed E-state index contributed by atoms with van der Waals surface area (Å²) in [5.74, 6) is -7.10. The first-order chi connectivity index (χ1) is 25.8. The predicted molar refractivity (Wildman–Crippen MR) is 178 cm³/mol. The second kappa shape index (κ2) is 17.6. The fourth-order valence-corrected chi connectivity index (χ4v) is 6.78. The van der Waals surface area contributed by atoms with Crippen LogP contribution in [-0.4, -0.2) is 120 Å². The first-order valence-electron chi connectivity index (χ1n) is 17.1. The molecule has 2 heterocycles. The number of aryl methyl sites for hydroxylation is 1.